The first-order valence-corrected chi connectivity index (χ1v) is 6.76. The summed E-state index contributed by atoms with van der Waals surface area (Å²) >= 11 is 0. The average Bonchev–Trinajstić information content (AvgIpc) is 2.87. The van der Waals surface area contributed by atoms with Gasteiger partial charge in [0, 0.05) is 26.1 Å². The number of likely N-dealkylation sites (N-methyl/N-ethyl adjacent to an activating group) is 1. The van der Waals surface area contributed by atoms with Crippen LogP contribution in [0, 0.1) is 0 Å². The zero-order valence-electron chi connectivity index (χ0n) is 12.2. The van der Waals surface area contributed by atoms with E-state index < -0.39 is 0 Å². The van der Waals surface area contributed by atoms with Crippen molar-refractivity contribution < 1.29 is 4.74 Å². The molecule has 0 bridgehead atoms. The van der Waals surface area contributed by atoms with Gasteiger partial charge in [0.2, 0.25) is 0 Å². The van der Waals surface area contributed by atoms with Crippen LogP contribution in [-0.4, -0.2) is 40.6 Å². The van der Waals surface area contributed by atoms with Crippen LogP contribution in [0.15, 0.2) is 6.33 Å². The van der Waals surface area contributed by atoms with Crippen molar-refractivity contribution >= 4 is 0 Å². The highest BCUT2D eigenvalue weighted by molar-refractivity contribution is 4.98. The van der Waals surface area contributed by atoms with Crippen LogP contribution < -0.4 is 5.32 Å². The highest BCUT2D eigenvalue weighted by Gasteiger charge is 2.35. The number of hydrogen-bond donors (Lipinski definition) is 1. The molecule has 0 saturated carbocycles. The normalized spacial score (nSPS) is 13.8. The molecule has 1 rings (SSSR count). The van der Waals surface area contributed by atoms with Crippen LogP contribution in [0.2, 0.25) is 0 Å². The first-order valence-electron chi connectivity index (χ1n) is 6.76. The van der Waals surface area contributed by atoms with Crippen LogP contribution in [0.5, 0.6) is 0 Å². The Kier molecular flexibility index (Phi) is 5.75. The number of rotatable bonds is 8. The summed E-state index contributed by atoms with van der Waals surface area (Å²) < 4.78 is 7.73. The van der Waals surface area contributed by atoms with Gasteiger partial charge in [-0.1, -0.05) is 13.8 Å². The summed E-state index contributed by atoms with van der Waals surface area (Å²) in [5.41, 5.74) is -0.140. The largest absolute Gasteiger partial charge is 0.377 e. The van der Waals surface area contributed by atoms with Crippen molar-refractivity contribution in [3.8, 4) is 0 Å². The fourth-order valence-corrected chi connectivity index (χ4v) is 2.62. The molecule has 1 aromatic heterocycles. The van der Waals surface area contributed by atoms with Gasteiger partial charge >= 0.3 is 0 Å². The van der Waals surface area contributed by atoms with Crippen LogP contribution in [0.1, 0.15) is 39.4 Å². The summed E-state index contributed by atoms with van der Waals surface area (Å²) in [7, 11) is 3.78. The third kappa shape index (κ3) is 2.90. The highest BCUT2D eigenvalue weighted by atomic mass is 16.5. The molecule has 1 unspecified atom stereocenters. The minimum absolute atomic E-state index is 0.140. The number of hydrogen-bond acceptors (Lipinski definition) is 4. The zero-order valence-corrected chi connectivity index (χ0v) is 12.2. The van der Waals surface area contributed by atoms with Crippen molar-refractivity contribution in [1.82, 2.24) is 20.1 Å². The Morgan fingerprint density at radius 1 is 1.39 bits per heavy atom. The van der Waals surface area contributed by atoms with E-state index in [-0.39, 0.29) is 11.6 Å². The van der Waals surface area contributed by atoms with E-state index in [9.17, 15) is 0 Å². The van der Waals surface area contributed by atoms with Crippen molar-refractivity contribution in [2.75, 3.05) is 14.2 Å². The quantitative estimate of drug-likeness (QED) is 0.766. The summed E-state index contributed by atoms with van der Waals surface area (Å²) in [6.07, 6.45) is 4.41. The lowest BCUT2D eigenvalue weighted by Gasteiger charge is -2.38. The number of nitrogens with one attached hydrogen (secondary N) is 1. The molecule has 18 heavy (non-hydrogen) atoms. The SMILES string of the molecule is CCn1ncnc1CC(NC)C(CC)(CC)OC. The van der Waals surface area contributed by atoms with Gasteiger partial charge in [0.25, 0.3) is 0 Å². The molecule has 0 fully saturated rings. The Labute approximate surface area is 110 Å². The number of methoxy groups -OCH3 is 1. The first-order chi connectivity index (χ1) is 8.67. The molecular formula is C13H26N4O. The fraction of sp³-hybridized carbons (Fsp3) is 0.846. The first kappa shape index (κ1) is 15.1. The van der Waals surface area contributed by atoms with Gasteiger partial charge in [-0.25, -0.2) is 4.98 Å². The van der Waals surface area contributed by atoms with Crippen LogP contribution in [0.4, 0.5) is 0 Å². The van der Waals surface area contributed by atoms with E-state index >= 15 is 0 Å². The third-order valence-corrected chi connectivity index (χ3v) is 3.97. The summed E-state index contributed by atoms with van der Waals surface area (Å²) in [6, 6.07) is 0.243. The van der Waals surface area contributed by atoms with Crippen molar-refractivity contribution in [1.29, 1.82) is 0 Å². The smallest absolute Gasteiger partial charge is 0.138 e. The summed E-state index contributed by atoms with van der Waals surface area (Å²) in [4.78, 5) is 4.35. The van der Waals surface area contributed by atoms with E-state index in [1.165, 1.54) is 0 Å². The van der Waals surface area contributed by atoms with Gasteiger partial charge < -0.3 is 10.1 Å². The fourth-order valence-electron chi connectivity index (χ4n) is 2.62. The Morgan fingerprint density at radius 3 is 2.50 bits per heavy atom. The minimum atomic E-state index is -0.140. The Morgan fingerprint density at radius 2 is 2.06 bits per heavy atom. The van der Waals surface area contributed by atoms with E-state index in [2.05, 4.69) is 36.2 Å². The highest BCUT2D eigenvalue weighted by Crippen LogP contribution is 2.26. The van der Waals surface area contributed by atoms with E-state index in [0.717, 1.165) is 31.6 Å². The van der Waals surface area contributed by atoms with Crippen molar-refractivity contribution in [2.45, 2.75) is 58.2 Å². The van der Waals surface area contributed by atoms with Gasteiger partial charge in [-0.15, -0.1) is 0 Å². The summed E-state index contributed by atoms with van der Waals surface area (Å²) in [5, 5.41) is 7.60. The maximum atomic E-state index is 5.79. The minimum Gasteiger partial charge on any atom is -0.377 e. The zero-order chi connectivity index (χ0) is 13.6. The van der Waals surface area contributed by atoms with E-state index in [0.29, 0.717) is 0 Å². The Balaban J connectivity index is 2.90. The van der Waals surface area contributed by atoms with Crippen molar-refractivity contribution in [3.05, 3.63) is 12.2 Å². The number of ether oxygens (including phenoxy) is 1. The maximum Gasteiger partial charge on any atom is 0.138 e. The molecule has 5 nitrogen and oxygen atoms in total. The van der Waals surface area contributed by atoms with E-state index in [4.69, 9.17) is 4.74 Å². The molecule has 1 N–H and O–H groups in total. The number of nitrogens with zero attached hydrogens (tertiary/aromatic N) is 3. The lowest BCUT2D eigenvalue weighted by Crippen LogP contribution is -2.51. The summed E-state index contributed by atoms with van der Waals surface area (Å²) in [6.45, 7) is 7.27. The van der Waals surface area contributed by atoms with E-state index in [1.54, 1.807) is 13.4 Å². The van der Waals surface area contributed by atoms with Gasteiger partial charge in [-0.2, -0.15) is 5.10 Å². The predicted octanol–water partition coefficient (Wildman–Crippen LogP) is 1.63. The molecule has 104 valence electrons. The lowest BCUT2D eigenvalue weighted by molar-refractivity contribution is -0.0460. The second-order valence-corrected chi connectivity index (χ2v) is 4.51. The van der Waals surface area contributed by atoms with Crippen molar-refractivity contribution in [3.63, 3.8) is 0 Å². The van der Waals surface area contributed by atoms with Crippen LogP contribution in [0.25, 0.3) is 0 Å². The average molecular weight is 254 g/mol. The van der Waals surface area contributed by atoms with Crippen LogP contribution >= 0.6 is 0 Å². The molecule has 0 aromatic carbocycles. The molecular weight excluding hydrogens is 228 g/mol. The molecule has 1 heterocycles. The second kappa shape index (κ2) is 6.85. The second-order valence-electron chi connectivity index (χ2n) is 4.51. The van der Waals surface area contributed by atoms with Crippen LogP contribution in [0.3, 0.4) is 0 Å². The predicted molar refractivity (Wildman–Crippen MR) is 72.6 cm³/mol. The standard InChI is InChI=1S/C13H26N4O/c1-6-13(7-2,18-5)11(14-4)9-12-15-10-16-17(12)8-3/h10-11,14H,6-9H2,1-5H3. The maximum absolute atomic E-state index is 5.79. The van der Waals surface area contributed by atoms with Gasteiger partial charge in [-0.3, -0.25) is 4.68 Å². The molecule has 0 aliphatic carbocycles. The van der Waals surface area contributed by atoms with Crippen molar-refractivity contribution in [2.24, 2.45) is 0 Å². The topological polar surface area (TPSA) is 52.0 Å². The Bertz CT molecular complexity index is 338. The molecule has 0 radical (unpaired) electrons. The van der Waals surface area contributed by atoms with Crippen LogP contribution in [-0.2, 0) is 17.7 Å². The molecule has 5 heteroatoms. The third-order valence-electron chi connectivity index (χ3n) is 3.97. The van der Waals surface area contributed by atoms with E-state index in [1.807, 2.05) is 11.7 Å². The molecule has 0 aliphatic heterocycles. The number of aryl methyl sites for hydroxylation is 1. The van der Waals surface area contributed by atoms with Gasteiger partial charge in [0.1, 0.15) is 12.2 Å². The monoisotopic (exact) mass is 254 g/mol. The molecule has 0 amide bonds. The molecule has 0 saturated heterocycles. The Hall–Kier alpha value is -0.940. The molecule has 0 spiro atoms. The van der Waals surface area contributed by atoms with Gasteiger partial charge in [0.05, 0.1) is 5.60 Å². The summed E-state index contributed by atoms with van der Waals surface area (Å²) in [5.74, 6) is 1.01. The molecule has 0 aliphatic rings. The number of aromatic nitrogens is 3. The molecule has 1 aromatic rings. The van der Waals surface area contributed by atoms with Gasteiger partial charge in [-0.05, 0) is 26.8 Å². The lowest BCUT2D eigenvalue weighted by atomic mass is 9.86. The van der Waals surface area contributed by atoms with Gasteiger partial charge in [0.15, 0.2) is 0 Å². The molecule has 1 atom stereocenters.